The lowest BCUT2D eigenvalue weighted by Crippen LogP contribution is -2.25. The summed E-state index contributed by atoms with van der Waals surface area (Å²) in [4.78, 5) is 28.4. The molecule has 24 heavy (non-hydrogen) atoms. The van der Waals surface area contributed by atoms with E-state index in [2.05, 4.69) is 22.5 Å². The Labute approximate surface area is 146 Å². The Morgan fingerprint density at radius 2 is 1.79 bits per heavy atom. The van der Waals surface area contributed by atoms with Gasteiger partial charge in [-0.05, 0) is 24.6 Å². The molecular weight excluding hydrogens is 326 g/mol. The molecule has 1 heterocycles. The summed E-state index contributed by atoms with van der Waals surface area (Å²) in [6.07, 6.45) is 5.96. The van der Waals surface area contributed by atoms with Gasteiger partial charge in [0.25, 0.3) is 11.8 Å². The summed E-state index contributed by atoms with van der Waals surface area (Å²) in [6, 6.07) is 8.48. The number of nitrogens with one attached hydrogen (secondary N) is 2. The number of unbranched alkanes of at least 4 members (excludes halogenated alkanes) is 2. The number of para-hydroxylation sites is 1. The largest absolute Gasteiger partial charge is 0.352 e. The highest BCUT2D eigenvalue weighted by Gasteiger charge is 2.12. The SMILES string of the molecule is CCCCCNC(=O)c1cncc(C(=O)Nc2ccccc2Cl)c1. The molecule has 0 radical (unpaired) electrons. The van der Waals surface area contributed by atoms with Crippen molar-refractivity contribution in [3.63, 3.8) is 0 Å². The van der Waals surface area contributed by atoms with Crippen LogP contribution in [0.5, 0.6) is 0 Å². The van der Waals surface area contributed by atoms with Crippen LogP contribution in [-0.2, 0) is 0 Å². The number of hydrogen-bond donors (Lipinski definition) is 2. The van der Waals surface area contributed by atoms with Gasteiger partial charge in [-0.15, -0.1) is 0 Å². The molecule has 0 aliphatic rings. The van der Waals surface area contributed by atoms with Crippen LogP contribution in [0.1, 0.15) is 46.9 Å². The summed E-state index contributed by atoms with van der Waals surface area (Å²) in [5, 5.41) is 5.98. The molecule has 2 rings (SSSR count). The van der Waals surface area contributed by atoms with E-state index in [4.69, 9.17) is 11.6 Å². The van der Waals surface area contributed by atoms with Crippen LogP contribution < -0.4 is 10.6 Å². The monoisotopic (exact) mass is 345 g/mol. The number of amides is 2. The molecule has 1 aromatic heterocycles. The molecule has 2 aromatic rings. The van der Waals surface area contributed by atoms with Crippen LogP contribution in [0.4, 0.5) is 5.69 Å². The number of nitrogens with zero attached hydrogens (tertiary/aromatic N) is 1. The van der Waals surface area contributed by atoms with Crippen LogP contribution in [0, 0.1) is 0 Å². The molecule has 0 unspecified atom stereocenters. The van der Waals surface area contributed by atoms with E-state index in [0.717, 1.165) is 19.3 Å². The first-order valence-electron chi connectivity index (χ1n) is 7.91. The van der Waals surface area contributed by atoms with Gasteiger partial charge in [0, 0.05) is 18.9 Å². The summed E-state index contributed by atoms with van der Waals surface area (Å²) < 4.78 is 0. The normalized spacial score (nSPS) is 10.2. The molecule has 1 aromatic carbocycles. The third-order valence-corrected chi connectivity index (χ3v) is 3.78. The number of carbonyl (C=O) groups excluding carboxylic acids is 2. The van der Waals surface area contributed by atoms with Gasteiger partial charge in [-0.25, -0.2) is 0 Å². The van der Waals surface area contributed by atoms with E-state index >= 15 is 0 Å². The second kappa shape index (κ2) is 9.03. The van der Waals surface area contributed by atoms with Gasteiger partial charge in [-0.1, -0.05) is 43.5 Å². The van der Waals surface area contributed by atoms with Crippen LogP contribution in [-0.4, -0.2) is 23.3 Å². The predicted octanol–water partition coefficient (Wildman–Crippen LogP) is 3.91. The van der Waals surface area contributed by atoms with Gasteiger partial charge >= 0.3 is 0 Å². The molecule has 2 N–H and O–H groups in total. The van der Waals surface area contributed by atoms with E-state index in [0.29, 0.717) is 28.4 Å². The number of carbonyl (C=O) groups is 2. The summed E-state index contributed by atoms with van der Waals surface area (Å²) in [5.41, 5.74) is 1.17. The van der Waals surface area contributed by atoms with Crippen molar-refractivity contribution in [1.29, 1.82) is 0 Å². The molecule has 0 aliphatic carbocycles. The number of anilines is 1. The molecule has 0 aliphatic heterocycles. The Kier molecular flexibility index (Phi) is 6.75. The fourth-order valence-corrected chi connectivity index (χ4v) is 2.31. The van der Waals surface area contributed by atoms with Crippen molar-refractivity contribution in [3.05, 3.63) is 58.9 Å². The lowest BCUT2D eigenvalue weighted by molar-refractivity contribution is 0.0952. The van der Waals surface area contributed by atoms with Crippen molar-refractivity contribution in [2.24, 2.45) is 0 Å². The Balaban J connectivity index is 2.02. The highest BCUT2D eigenvalue weighted by molar-refractivity contribution is 6.33. The van der Waals surface area contributed by atoms with Crippen molar-refractivity contribution in [2.45, 2.75) is 26.2 Å². The predicted molar refractivity (Wildman–Crippen MR) is 95.5 cm³/mol. The van der Waals surface area contributed by atoms with E-state index < -0.39 is 0 Å². The number of halogens is 1. The molecule has 2 amide bonds. The minimum absolute atomic E-state index is 0.231. The average Bonchev–Trinajstić information content (AvgIpc) is 2.60. The third-order valence-electron chi connectivity index (χ3n) is 3.45. The quantitative estimate of drug-likeness (QED) is 0.747. The van der Waals surface area contributed by atoms with Gasteiger partial charge in [0.1, 0.15) is 0 Å². The Bertz CT molecular complexity index is 719. The zero-order chi connectivity index (χ0) is 17.4. The molecule has 0 bridgehead atoms. The zero-order valence-electron chi connectivity index (χ0n) is 13.5. The summed E-state index contributed by atoms with van der Waals surface area (Å²) in [7, 11) is 0. The number of rotatable bonds is 7. The van der Waals surface area contributed by atoms with Gasteiger partial charge in [0.2, 0.25) is 0 Å². The van der Waals surface area contributed by atoms with E-state index in [1.807, 2.05) is 0 Å². The second-order valence-corrected chi connectivity index (χ2v) is 5.77. The maximum absolute atomic E-state index is 12.3. The molecule has 126 valence electrons. The lowest BCUT2D eigenvalue weighted by Gasteiger charge is -2.08. The molecular formula is C18H20ClN3O2. The van der Waals surface area contributed by atoms with E-state index in [9.17, 15) is 9.59 Å². The maximum Gasteiger partial charge on any atom is 0.257 e. The molecule has 0 fully saturated rings. The average molecular weight is 346 g/mol. The highest BCUT2D eigenvalue weighted by Crippen LogP contribution is 2.21. The van der Waals surface area contributed by atoms with Gasteiger partial charge in [0.15, 0.2) is 0 Å². The fraction of sp³-hybridized carbons (Fsp3) is 0.278. The summed E-state index contributed by atoms with van der Waals surface area (Å²) >= 11 is 6.03. The van der Waals surface area contributed by atoms with Crippen LogP contribution >= 0.6 is 11.6 Å². The fourth-order valence-electron chi connectivity index (χ4n) is 2.12. The number of benzene rings is 1. The molecule has 0 atom stereocenters. The van der Waals surface area contributed by atoms with E-state index in [1.54, 1.807) is 24.3 Å². The van der Waals surface area contributed by atoms with Gasteiger partial charge in [-0.2, -0.15) is 0 Å². The molecule has 5 nitrogen and oxygen atoms in total. The minimum atomic E-state index is -0.365. The third kappa shape index (κ3) is 5.06. The van der Waals surface area contributed by atoms with Crippen LogP contribution in [0.2, 0.25) is 5.02 Å². The highest BCUT2D eigenvalue weighted by atomic mass is 35.5. The topological polar surface area (TPSA) is 71.1 Å². The van der Waals surface area contributed by atoms with Crippen molar-refractivity contribution in [2.75, 3.05) is 11.9 Å². The van der Waals surface area contributed by atoms with Crippen molar-refractivity contribution >= 4 is 29.1 Å². The maximum atomic E-state index is 12.3. The van der Waals surface area contributed by atoms with Crippen LogP contribution in [0.15, 0.2) is 42.7 Å². The number of hydrogen-bond acceptors (Lipinski definition) is 3. The first-order chi connectivity index (χ1) is 11.6. The first-order valence-corrected chi connectivity index (χ1v) is 8.28. The number of aromatic nitrogens is 1. The van der Waals surface area contributed by atoms with Crippen LogP contribution in [0.25, 0.3) is 0 Å². The summed E-state index contributed by atoms with van der Waals surface area (Å²) in [5.74, 6) is -0.595. The Morgan fingerprint density at radius 1 is 1.08 bits per heavy atom. The van der Waals surface area contributed by atoms with Gasteiger partial charge in [-0.3, -0.25) is 14.6 Å². The second-order valence-electron chi connectivity index (χ2n) is 5.36. The lowest BCUT2D eigenvalue weighted by atomic mass is 10.1. The van der Waals surface area contributed by atoms with Crippen molar-refractivity contribution < 1.29 is 9.59 Å². The Morgan fingerprint density at radius 3 is 2.50 bits per heavy atom. The van der Waals surface area contributed by atoms with E-state index in [1.165, 1.54) is 18.5 Å². The first kappa shape index (κ1) is 17.9. The Hall–Kier alpha value is -2.40. The molecule has 0 saturated heterocycles. The standard InChI is InChI=1S/C18H20ClN3O2/c1-2-3-6-9-21-17(23)13-10-14(12-20-11-13)18(24)22-16-8-5-4-7-15(16)19/h4-5,7-8,10-12H,2-3,6,9H2,1H3,(H,21,23)(H,22,24). The molecule has 6 heteroatoms. The number of pyridine rings is 1. The molecule has 0 spiro atoms. The van der Waals surface area contributed by atoms with Gasteiger partial charge in [0.05, 0.1) is 21.8 Å². The van der Waals surface area contributed by atoms with Crippen LogP contribution in [0.3, 0.4) is 0 Å². The zero-order valence-corrected chi connectivity index (χ0v) is 14.3. The molecule has 0 saturated carbocycles. The summed E-state index contributed by atoms with van der Waals surface area (Å²) in [6.45, 7) is 2.72. The smallest absolute Gasteiger partial charge is 0.257 e. The van der Waals surface area contributed by atoms with Crippen molar-refractivity contribution in [1.82, 2.24) is 10.3 Å². The minimum Gasteiger partial charge on any atom is -0.352 e. The van der Waals surface area contributed by atoms with E-state index in [-0.39, 0.29) is 11.8 Å². The van der Waals surface area contributed by atoms with Gasteiger partial charge < -0.3 is 10.6 Å². The van der Waals surface area contributed by atoms with Crippen molar-refractivity contribution in [3.8, 4) is 0 Å².